The highest BCUT2D eigenvalue weighted by molar-refractivity contribution is 7.10. The number of aromatic nitrogens is 1. The summed E-state index contributed by atoms with van der Waals surface area (Å²) in [5.41, 5.74) is 10.5. The number of amides is 1. The number of thiazole rings is 1. The number of nitrogens with one attached hydrogen (secondary N) is 1. The third-order valence-corrected chi connectivity index (χ3v) is 5.31. The lowest BCUT2D eigenvalue weighted by Crippen LogP contribution is -2.29. The Morgan fingerprint density at radius 2 is 1.77 bits per heavy atom. The van der Waals surface area contributed by atoms with Gasteiger partial charge in [-0.3, -0.25) is 25.0 Å². The quantitative estimate of drug-likeness (QED) is 0.181. The number of carbonyl (C=O) groups is 1. The Labute approximate surface area is 200 Å². The van der Waals surface area contributed by atoms with Crippen LogP contribution < -0.4 is 16.8 Å². The molecule has 3 rings (SSSR count). The molecule has 0 aliphatic rings. The highest BCUT2D eigenvalue weighted by Gasteiger charge is 2.29. The number of rotatable bonds is 8. The van der Waals surface area contributed by atoms with Crippen LogP contribution in [0.4, 0.5) is 17.1 Å². The minimum absolute atomic E-state index is 0.0996. The summed E-state index contributed by atoms with van der Waals surface area (Å²) in [5, 5.41) is 43.2. The van der Waals surface area contributed by atoms with Crippen molar-refractivity contribution < 1.29 is 14.6 Å². The number of nitro groups is 2. The maximum Gasteiger partial charge on any atom is 0.292 e. The molecule has 1 atom stereocenters. The second kappa shape index (κ2) is 10.6. The molecule has 0 fully saturated rings. The highest BCUT2D eigenvalue weighted by Crippen LogP contribution is 2.29. The van der Waals surface area contributed by atoms with E-state index < -0.39 is 33.3 Å². The molecule has 1 unspecified atom stereocenters. The molecule has 35 heavy (non-hydrogen) atoms. The molecule has 1 heterocycles. The van der Waals surface area contributed by atoms with Crippen molar-refractivity contribution in [1.82, 2.24) is 4.98 Å². The van der Waals surface area contributed by atoms with E-state index in [2.05, 4.69) is 20.5 Å². The van der Waals surface area contributed by atoms with Crippen molar-refractivity contribution in [3.05, 3.63) is 79.1 Å². The molecule has 0 saturated carbocycles. The van der Waals surface area contributed by atoms with Crippen LogP contribution in [0.1, 0.15) is 10.9 Å². The standard InChI is InChI=1S/C20H15N9O5S/c21-9-13(19-25-15(10-35-19)11-5-7-12(8-6-11)28(31)32)17(26-27-20(22)23)18(30)24-14-3-1-2-4-16(14)29(33)34/h1-8,10,13H,(H,24,30)(H4,22,23,27). The summed E-state index contributed by atoms with van der Waals surface area (Å²) in [6.07, 6.45) is 0. The summed E-state index contributed by atoms with van der Waals surface area (Å²) in [4.78, 5) is 38.3. The van der Waals surface area contributed by atoms with Crippen molar-refractivity contribution in [2.24, 2.45) is 21.7 Å². The van der Waals surface area contributed by atoms with Crippen LogP contribution in [0, 0.1) is 31.6 Å². The SMILES string of the molecule is N#CC(C(=NN=C(N)N)C(=O)Nc1ccccc1[N+](=O)[O-])c1nc(-c2ccc([N+](=O)[O-])cc2)cs1. The van der Waals surface area contributed by atoms with Gasteiger partial charge >= 0.3 is 0 Å². The number of nitrogens with zero attached hydrogens (tertiary/aromatic N) is 6. The zero-order valence-electron chi connectivity index (χ0n) is 17.6. The Morgan fingerprint density at radius 1 is 1.09 bits per heavy atom. The number of hydrogen-bond donors (Lipinski definition) is 3. The van der Waals surface area contributed by atoms with Crippen molar-refractivity contribution in [1.29, 1.82) is 5.26 Å². The van der Waals surface area contributed by atoms with Crippen LogP contribution in [0.3, 0.4) is 0 Å². The van der Waals surface area contributed by atoms with Crippen LogP contribution in [0.15, 0.2) is 64.1 Å². The summed E-state index contributed by atoms with van der Waals surface area (Å²) in [7, 11) is 0. The molecule has 14 nitrogen and oxygen atoms in total. The maximum atomic E-state index is 13.0. The number of nitro benzene ring substituents is 2. The Balaban J connectivity index is 1.96. The molecule has 0 spiro atoms. The van der Waals surface area contributed by atoms with E-state index in [1.54, 1.807) is 5.38 Å². The largest absolute Gasteiger partial charge is 0.369 e. The van der Waals surface area contributed by atoms with E-state index in [0.717, 1.165) is 11.3 Å². The molecule has 3 aromatic rings. The predicted octanol–water partition coefficient (Wildman–Crippen LogP) is 2.50. The summed E-state index contributed by atoms with van der Waals surface area (Å²) in [5.74, 6) is -2.77. The smallest absolute Gasteiger partial charge is 0.292 e. The van der Waals surface area contributed by atoms with E-state index in [4.69, 9.17) is 11.5 Å². The van der Waals surface area contributed by atoms with Gasteiger partial charge in [0.2, 0.25) is 5.96 Å². The second-order valence-corrected chi connectivity index (χ2v) is 7.57. The zero-order chi connectivity index (χ0) is 25.5. The summed E-state index contributed by atoms with van der Waals surface area (Å²) < 4.78 is 0. The number of anilines is 1. The summed E-state index contributed by atoms with van der Waals surface area (Å²) >= 11 is 1.03. The van der Waals surface area contributed by atoms with Gasteiger partial charge in [-0.15, -0.1) is 21.5 Å². The third-order valence-electron chi connectivity index (χ3n) is 4.40. The van der Waals surface area contributed by atoms with E-state index in [-0.39, 0.29) is 22.1 Å². The minimum atomic E-state index is -1.34. The number of non-ortho nitro benzene ring substituents is 1. The monoisotopic (exact) mass is 493 g/mol. The fourth-order valence-electron chi connectivity index (χ4n) is 2.81. The number of para-hydroxylation sites is 2. The van der Waals surface area contributed by atoms with Crippen molar-refractivity contribution in [2.45, 2.75) is 5.92 Å². The summed E-state index contributed by atoms with van der Waals surface area (Å²) in [6.45, 7) is 0. The van der Waals surface area contributed by atoms with Crippen molar-refractivity contribution in [2.75, 3.05) is 5.32 Å². The molecule has 0 aliphatic heterocycles. The molecular weight excluding hydrogens is 478 g/mol. The van der Waals surface area contributed by atoms with Gasteiger partial charge in [0, 0.05) is 29.1 Å². The number of guanidine groups is 1. The highest BCUT2D eigenvalue weighted by atomic mass is 32.1. The van der Waals surface area contributed by atoms with Gasteiger partial charge in [0.15, 0.2) is 5.71 Å². The van der Waals surface area contributed by atoms with Crippen molar-refractivity contribution in [3.63, 3.8) is 0 Å². The first-order valence-corrected chi connectivity index (χ1v) is 10.4. The van der Waals surface area contributed by atoms with Crippen LogP contribution >= 0.6 is 11.3 Å². The van der Waals surface area contributed by atoms with Gasteiger partial charge < -0.3 is 16.8 Å². The third kappa shape index (κ3) is 5.77. The molecule has 0 bridgehead atoms. The Kier molecular flexibility index (Phi) is 7.39. The lowest BCUT2D eigenvalue weighted by Gasteiger charge is -2.10. The molecule has 0 saturated heterocycles. The van der Waals surface area contributed by atoms with Gasteiger partial charge in [-0.2, -0.15) is 5.26 Å². The van der Waals surface area contributed by atoms with E-state index in [1.165, 1.54) is 48.5 Å². The van der Waals surface area contributed by atoms with Gasteiger partial charge in [0.1, 0.15) is 16.6 Å². The average molecular weight is 493 g/mol. The maximum absolute atomic E-state index is 13.0. The van der Waals surface area contributed by atoms with E-state index in [0.29, 0.717) is 11.3 Å². The second-order valence-electron chi connectivity index (χ2n) is 6.68. The van der Waals surface area contributed by atoms with Gasteiger partial charge in [0.05, 0.1) is 21.6 Å². The first-order valence-electron chi connectivity index (χ1n) is 9.52. The number of benzene rings is 2. The Bertz CT molecular complexity index is 1390. The fourth-order valence-corrected chi connectivity index (χ4v) is 3.68. The van der Waals surface area contributed by atoms with E-state index in [1.807, 2.05) is 6.07 Å². The minimum Gasteiger partial charge on any atom is -0.369 e. The van der Waals surface area contributed by atoms with Gasteiger partial charge in [-0.05, 0) is 18.2 Å². The first-order chi connectivity index (χ1) is 16.7. The van der Waals surface area contributed by atoms with Gasteiger partial charge in [-0.1, -0.05) is 12.1 Å². The van der Waals surface area contributed by atoms with Crippen LogP contribution in [0.5, 0.6) is 0 Å². The summed E-state index contributed by atoms with van der Waals surface area (Å²) in [6, 6.07) is 12.9. The lowest BCUT2D eigenvalue weighted by molar-refractivity contribution is -0.384. The van der Waals surface area contributed by atoms with Crippen molar-refractivity contribution in [3.8, 4) is 17.3 Å². The van der Waals surface area contributed by atoms with E-state index in [9.17, 15) is 30.3 Å². The molecule has 2 aromatic carbocycles. The Hall–Kier alpha value is -5.23. The molecule has 1 aromatic heterocycles. The van der Waals surface area contributed by atoms with Gasteiger partial charge in [0.25, 0.3) is 17.3 Å². The number of carbonyl (C=O) groups excluding carboxylic acids is 1. The average Bonchev–Trinajstić information content (AvgIpc) is 3.31. The fraction of sp³-hybridized carbons (Fsp3) is 0.0500. The van der Waals surface area contributed by atoms with Crippen LogP contribution in [0.25, 0.3) is 11.3 Å². The molecular formula is C20H15N9O5S. The van der Waals surface area contributed by atoms with E-state index >= 15 is 0 Å². The van der Waals surface area contributed by atoms with Crippen LogP contribution in [-0.2, 0) is 4.79 Å². The van der Waals surface area contributed by atoms with Crippen LogP contribution in [0.2, 0.25) is 0 Å². The Morgan fingerprint density at radius 3 is 2.37 bits per heavy atom. The molecule has 5 N–H and O–H groups in total. The number of hydrogen-bond acceptors (Lipinski definition) is 10. The molecule has 1 amide bonds. The predicted molar refractivity (Wildman–Crippen MR) is 128 cm³/mol. The zero-order valence-corrected chi connectivity index (χ0v) is 18.4. The number of nitriles is 1. The molecule has 176 valence electrons. The van der Waals surface area contributed by atoms with Crippen molar-refractivity contribution >= 4 is 46.0 Å². The normalized spacial score (nSPS) is 11.7. The topological polar surface area (TPSA) is 229 Å². The molecule has 0 aliphatic carbocycles. The molecule has 0 radical (unpaired) electrons. The lowest BCUT2D eigenvalue weighted by atomic mass is 10.0. The first kappa shape index (κ1) is 24.4. The number of nitrogens with two attached hydrogens (primary N) is 2. The van der Waals surface area contributed by atoms with Gasteiger partial charge in [-0.25, -0.2) is 4.98 Å². The molecule has 15 heteroatoms. The van der Waals surface area contributed by atoms with Crippen LogP contribution in [-0.4, -0.2) is 32.4 Å².